The van der Waals surface area contributed by atoms with Gasteiger partial charge in [0, 0.05) is 18.9 Å². The smallest absolute Gasteiger partial charge is 0.317 e. The van der Waals surface area contributed by atoms with E-state index in [1.54, 1.807) is 37.5 Å². The molecule has 0 saturated heterocycles. The third-order valence-corrected chi connectivity index (χ3v) is 3.32. The number of hydrogen-bond acceptors (Lipinski definition) is 4. The van der Waals surface area contributed by atoms with E-state index in [4.69, 9.17) is 4.74 Å². The number of rotatable bonds is 7. The average molecular weight is 342 g/mol. The molecular weight excluding hydrogens is 320 g/mol. The highest BCUT2D eigenvalue weighted by Gasteiger charge is 2.11. The predicted molar refractivity (Wildman–Crippen MR) is 95.3 cm³/mol. The molecule has 0 aliphatic carbocycles. The van der Waals surface area contributed by atoms with Crippen LogP contribution in [0.15, 0.2) is 48.7 Å². The second-order valence-electron chi connectivity index (χ2n) is 5.34. The van der Waals surface area contributed by atoms with Gasteiger partial charge in [0.25, 0.3) is 0 Å². The first kappa shape index (κ1) is 18.3. The van der Waals surface area contributed by atoms with Crippen molar-refractivity contribution in [2.75, 3.05) is 25.5 Å². The number of pyridine rings is 1. The number of hydrogen-bond donors (Lipinski definition) is 2. The van der Waals surface area contributed by atoms with Gasteiger partial charge in [-0.1, -0.05) is 6.07 Å². The van der Waals surface area contributed by atoms with Crippen molar-refractivity contribution >= 4 is 17.6 Å². The third-order valence-electron chi connectivity index (χ3n) is 3.32. The standard InChI is InChI=1S/C18H22N4O3/c1-3-25-16-9-7-14(8-10-16)21-17(23)12-20-18(24)22(2)13-15-6-4-5-11-19-15/h4-11H,3,12-13H2,1-2H3,(H,20,24)(H,21,23). The predicted octanol–water partition coefficient (Wildman–Crippen LogP) is 2.26. The Morgan fingerprint density at radius 1 is 1.16 bits per heavy atom. The Balaban J connectivity index is 1.75. The molecule has 7 nitrogen and oxygen atoms in total. The van der Waals surface area contributed by atoms with Gasteiger partial charge in [-0.05, 0) is 43.3 Å². The first-order chi connectivity index (χ1) is 12.1. The maximum absolute atomic E-state index is 12.0. The summed E-state index contributed by atoms with van der Waals surface area (Å²) in [5, 5.41) is 5.29. The van der Waals surface area contributed by atoms with Crippen molar-refractivity contribution in [2.24, 2.45) is 0 Å². The summed E-state index contributed by atoms with van der Waals surface area (Å²) in [7, 11) is 1.65. The lowest BCUT2D eigenvalue weighted by Crippen LogP contribution is -2.40. The Hall–Kier alpha value is -3.09. The quantitative estimate of drug-likeness (QED) is 0.808. The number of aromatic nitrogens is 1. The van der Waals surface area contributed by atoms with Gasteiger partial charge in [-0.15, -0.1) is 0 Å². The SMILES string of the molecule is CCOc1ccc(NC(=O)CNC(=O)N(C)Cc2ccccn2)cc1. The van der Waals surface area contributed by atoms with Crippen molar-refractivity contribution < 1.29 is 14.3 Å². The molecule has 0 aliphatic rings. The van der Waals surface area contributed by atoms with Gasteiger partial charge in [0.05, 0.1) is 25.4 Å². The molecule has 0 unspecified atom stereocenters. The van der Waals surface area contributed by atoms with Crippen LogP contribution in [0, 0.1) is 0 Å². The molecule has 0 aliphatic heterocycles. The van der Waals surface area contributed by atoms with Crippen LogP contribution in [0.4, 0.5) is 10.5 Å². The van der Waals surface area contributed by atoms with Crippen molar-refractivity contribution in [1.29, 1.82) is 0 Å². The number of urea groups is 1. The van der Waals surface area contributed by atoms with Crippen molar-refractivity contribution in [3.8, 4) is 5.75 Å². The number of anilines is 1. The number of amides is 3. The van der Waals surface area contributed by atoms with Crippen LogP contribution in [-0.2, 0) is 11.3 Å². The zero-order valence-corrected chi connectivity index (χ0v) is 14.4. The number of nitrogens with zero attached hydrogens (tertiary/aromatic N) is 2. The Morgan fingerprint density at radius 3 is 2.56 bits per heavy atom. The van der Waals surface area contributed by atoms with E-state index in [9.17, 15) is 9.59 Å². The van der Waals surface area contributed by atoms with Crippen LogP contribution in [0.3, 0.4) is 0 Å². The van der Waals surface area contributed by atoms with E-state index in [1.165, 1.54) is 4.90 Å². The molecule has 2 rings (SSSR count). The van der Waals surface area contributed by atoms with Crippen LogP contribution in [0.5, 0.6) is 5.75 Å². The van der Waals surface area contributed by atoms with Gasteiger partial charge in [0.15, 0.2) is 0 Å². The van der Waals surface area contributed by atoms with Crippen LogP contribution in [-0.4, -0.2) is 42.0 Å². The van der Waals surface area contributed by atoms with Gasteiger partial charge in [-0.25, -0.2) is 4.79 Å². The van der Waals surface area contributed by atoms with Gasteiger partial charge in [-0.3, -0.25) is 9.78 Å². The van der Waals surface area contributed by atoms with Gasteiger partial charge in [-0.2, -0.15) is 0 Å². The van der Waals surface area contributed by atoms with E-state index >= 15 is 0 Å². The molecule has 0 atom stereocenters. The second-order valence-corrected chi connectivity index (χ2v) is 5.34. The van der Waals surface area contributed by atoms with Crippen LogP contribution >= 0.6 is 0 Å². The third kappa shape index (κ3) is 6.14. The van der Waals surface area contributed by atoms with E-state index in [1.807, 2.05) is 25.1 Å². The van der Waals surface area contributed by atoms with Crippen molar-refractivity contribution in [2.45, 2.75) is 13.5 Å². The maximum Gasteiger partial charge on any atom is 0.317 e. The van der Waals surface area contributed by atoms with Crippen molar-refractivity contribution in [3.63, 3.8) is 0 Å². The van der Waals surface area contributed by atoms with E-state index in [0.29, 0.717) is 18.8 Å². The summed E-state index contributed by atoms with van der Waals surface area (Å²) in [6.07, 6.45) is 1.67. The average Bonchev–Trinajstić information content (AvgIpc) is 2.62. The lowest BCUT2D eigenvalue weighted by atomic mass is 10.3. The maximum atomic E-state index is 12.0. The van der Waals surface area contributed by atoms with Gasteiger partial charge >= 0.3 is 6.03 Å². The van der Waals surface area contributed by atoms with Gasteiger partial charge < -0.3 is 20.3 Å². The Labute approximate surface area is 147 Å². The van der Waals surface area contributed by atoms with Crippen LogP contribution in [0.2, 0.25) is 0 Å². The molecule has 2 N–H and O–H groups in total. The highest BCUT2D eigenvalue weighted by molar-refractivity contribution is 5.94. The Kier molecular flexibility index (Phi) is 6.76. The number of ether oxygens (including phenoxy) is 1. The normalized spacial score (nSPS) is 10.0. The minimum absolute atomic E-state index is 0.112. The number of carbonyl (C=O) groups is 2. The molecule has 132 valence electrons. The summed E-state index contributed by atoms with van der Waals surface area (Å²) in [6.45, 7) is 2.75. The molecule has 1 aromatic heterocycles. The highest BCUT2D eigenvalue weighted by atomic mass is 16.5. The molecule has 0 bridgehead atoms. The monoisotopic (exact) mass is 342 g/mol. The summed E-state index contributed by atoms with van der Waals surface area (Å²) >= 11 is 0. The van der Waals surface area contributed by atoms with Crippen molar-refractivity contribution in [3.05, 3.63) is 54.4 Å². The molecule has 0 fully saturated rings. The summed E-state index contributed by atoms with van der Waals surface area (Å²) in [5.74, 6) is 0.439. The minimum atomic E-state index is -0.340. The van der Waals surface area contributed by atoms with Gasteiger partial charge in [0.2, 0.25) is 5.91 Å². The molecule has 1 heterocycles. The molecule has 2 aromatic rings. The molecule has 0 saturated carbocycles. The summed E-state index contributed by atoms with van der Waals surface area (Å²) in [6, 6.07) is 12.2. The second kappa shape index (κ2) is 9.27. The Bertz CT molecular complexity index is 689. The molecular formula is C18H22N4O3. The highest BCUT2D eigenvalue weighted by Crippen LogP contribution is 2.15. The lowest BCUT2D eigenvalue weighted by molar-refractivity contribution is -0.115. The van der Waals surface area contributed by atoms with E-state index in [2.05, 4.69) is 15.6 Å². The number of benzene rings is 1. The van der Waals surface area contributed by atoms with Crippen LogP contribution < -0.4 is 15.4 Å². The zero-order valence-electron chi connectivity index (χ0n) is 14.4. The Morgan fingerprint density at radius 2 is 1.92 bits per heavy atom. The van der Waals surface area contributed by atoms with Crippen LogP contribution in [0.25, 0.3) is 0 Å². The fraction of sp³-hybridized carbons (Fsp3) is 0.278. The first-order valence-corrected chi connectivity index (χ1v) is 8.00. The number of nitrogens with one attached hydrogen (secondary N) is 2. The lowest BCUT2D eigenvalue weighted by Gasteiger charge is -2.17. The summed E-state index contributed by atoms with van der Waals surface area (Å²) in [5.41, 5.74) is 1.42. The first-order valence-electron chi connectivity index (χ1n) is 8.00. The van der Waals surface area contributed by atoms with E-state index in [-0.39, 0.29) is 18.5 Å². The molecule has 0 radical (unpaired) electrons. The van der Waals surface area contributed by atoms with E-state index < -0.39 is 0 Å². The fourth-order valence-corrected chi connectivity index (χ4v) is 2.10. The zero-order chi connectivity index (χ0) is 18.1. The molecule has 7 heteroatoms. The summed E-state index contributed by atoms with van der Waals surface area (Å²) in [4.78, 5) is 29.6. The summed E-state index contributed by atoms with van der Waals surface area (Å²) < 4.78 is 5.34. The topological polar surface area (TPSA) is 83.6 Å². The largest absolute Gasteiger partial charge is 0.494 e. The van der Waals surface area contributed by atoms with E-state index in [0.717, 1.165) is 11.4 Å². The van der Waals surface area contributed by atoms with Gasteiger partial charge in [0.1, 0.15) is 5.75 Å². The fourth-order valence-electron chi connectivity index (χ4n) is 2.10. The molecule has 25 heavy (non-hydrogen) atoms. The molecule has 0 spiro atoms. The molecule has 1 aromatic carbocycles. The minimum Gasteiger partial charge on any atom is -0.494 e. The molecule has 3 amide bonds. The van der Waals surface area contributed by atoms with Crippen LogP contribution in [0.1, 0.15) is 12.6 Å². The number of carbonyl (C=O) groups excluding carboxylic acids is 2. The van der Waals surface area contributed by atoms with Crippen molar-refractivity contribution in [1.82, 2.24) is 15.2 Å².